The van der Waals surface area contributed by atoms with Crippen molar-refractivity contribution in [2.24, 2.45) is 0 Å². The van der Waals surface area contributed by atoms with Crippen LogP contribution in [-0.4, -0.2) is 32.4 Å². The molecule has 0 fully saturated rings. The molecule has 4 nitrogen and oxygen atoms in total. The Bertz CT molecular complexity index is 357. The zero-order valence-electron chi connectivity index (χ0n) is 11.1. The Labute approximate surface area is 108 Å². The Balaban J connectivity index is 2.40. The number of benzene rings is 1. The molecule has 0 amide bonds. The summed E-state index contributed by atoms with van der Waals surface area (Å²) in [6, 6.07) is 7.46. The lowest BCUT2D eigenvalue weighted by molar-refractivity contribution is -0.144. The molecule has 0 bridgehead atoms. The van der Waals surface area contributed by atoms with E-state index in [1.807, 2.05) is 38.1 Å². The fourth-order valence-corrected chi connectivity index (χ4v) is 1.41. The predicted molar refractivity (Wildman–Crippen MR) is 68.7 cm³/mol. The average Bonchev–Trinajstić information content (AvgIpc) is 2.31. The van der Waals surface area contributed by atoms with Crippen LogP contribution in [0.1, 0.15) is 19.4 Å². The van der Waals surface area contributed by atoms with Gasteiger partial charge >= 0.3 is 5.97 Å². The van der Waals surface area contributed by atoms with E-state index in [2.05, 4.69) is 0 Å². The van der Waals surface area contributed by atoms with Gasteiger partial charge < -0.3 is 14.2 Å². The summed E-state index contributed by atoms with van der Waals surface area (Å²) in [5.41, 5.74) is 0.911. The molecule has 0 saturated carbocycles. The molecule has 0 unspecified atom stereocenters. The molecule has 0 heterocycles. The normalized spacial score (nSPS) is 10.4. The molecule has 1 aromatic rings. The summed E-state index contributed by atoms with van der Waals surface area (Å²) in [4.78, 5) is 11.4. The van der Waals surface area contributed by atoms with Gasteiger partial charge in [0, 0.05) is 7.11 Å². The van der Waals surface area contributed by atoms with Crippen LogP contribution in [0, 0.1) is 0 Å². The summed E-state index contributed by atoms with van der Waals surface area (Å²) >= 11 is 0. The van der Waals surface area contributed by atoms with Crippen molar-refractivity contribution in [3.05, 3.63) is 29.8 Å². The van der Waals surface area contributed by atoms with E-state index in [0.29, 0.717) is 13.2 Å². The maximum atomic E-state index is 11.4. The minimum Gasteiger partial charge on any atom is -0.491 e. The molecular formula is C14H20O4. The smallest absolute Gasteiger partial charge is 0.310 e. The van der Waals surface area contributed by atoms with Crippen molar-refractivity contribution in [2.75, 3.05) is 20.3 Å². The van der Waals surface area contributed by atoms with Gasteiger partial charge in [-0.3, -0.25) is 4.79 Å². The van der Waals surface area contributed by atoms with Gasteiger partial charge in [0.15, 0.2) is 0 Å². The van der Waals surface area contributed by atoms with Crippen LogP contribution < -0.4 is 4.74 Å². The third-order valence-electron chi connectivity index (χ3n) is 2.19. The second kappa shape index (κ2) is 7.71. The molecule has 0 saturated heterocycles. The van der Waals surface area contributed by atoms with Crippen LogP contribution >= 0.6 is 0 Å². The first kappa shape index (κ1) is 14.5. The molecule has 0 aliphatic heterocycles. The van der Waals surface area contributed by atoms with E-state index in [4.69, 9.17) is 14.2 Å². The molecule has 0 N–H and O–H groups in total. The number of hydrogen-bond acceptors (Lipinski definition) is 4. The van der Waals surface area contributed by atoms with E-state index < -0.39 is 0 Å². The monoisotopic (exact) mass is 252 g/mol. The highest BCUT2D eigenvalue weighted by molar-refractivity contribution is 5.72. The maximum Gasteiger partial charge on any atom is 0.310 e. The van der Waals surface area contributed by atoms with Gasteiger partial charge in [0.25, 0.3) is 0 Å². The molecule has 1 rings (SSSR count). The number of carbonyl (C=O) groups is 1. The molecule has 0 spiro atoms. The summed E-state index contributed by atoms with van der Waals surface area (Å²) in [5, 5.41) is 0. The summed E-state index contributed by atoms with van der Waals surface area (Å²) in [5.74, 6) is 0.561. The number of ether oxygens (including phenoxy) is 3. The number of carbonyl (C=O) groups excluding carboxylic acids is 1. The molecule has 0 aliphatic carbocycles. The summed E-state index contributed by atoms with van der Waals surface area (Å²) < 4.78 is 15.3. The van der Waals surface area contributed by atoms with Crippen LogP contribution in [0.15, 0.2) is 24.3 Å². The summed E-state index contributed by atoms with van der Waals surface area (Å²) in [6.45, 7) is 4.67. The number of esters is 1. The van der Waals surface area contributed by atoms with E-state index in [0.717, 1.165) is 11.3 Å². The van der Waals surface area contributed by atoms with Crippen LogP contribution in [0.25, 0.3) is 0 Å². The average molecular weight is 252 g/mol. The minimum absolute atomic E-state index is 0.148. The zero-order valence-corrected chi connectivity index (χ0v) is 11.1. The maximum absolute atomic E-state index is 11.4. The van der Waals surface area contributed by atoms with E-state index in [9.17, 15) is 4.79 Å². The zero-order chi connectivity index (χ0) is 13.4. The Morgan fingerprint density at radius 1 is 1.17 bits per heavy atom. The van der Waals surface area contributed by atoms with E-state index >= 15 is 0 Å². The third-order valence-corrected chi connectivity index (χ3v) is 2.19. The van der Waals surface area contributed by atoms with Crippen molar-refractivity contribution in [1.29, 1.82) is 0 Å². The highest BCUT2D eigenvalue weighted by atomic mass is 16.6. The van der Waals surface area contributed by atoms with Crippen molar-refractivity contribution in [3.8, 4) is 5.75 Å². The van der Waals surface area contributed by atoms with Gasteiger partial charge in [-0.15, -0.1) is 0 Å². The minimum atomic E-state index is -0.246. The van der Waals surface area contributed by atoms with Crippen LogP contribution in [0.2, 0.25) is 0 Å². The van der Waals surface area contributed by atoms with E-state index in [1.165, 1.54) is 0 Å². The highest BCUT2D eigenvalue weighted by Crippen LogP contribution is 2.14. The standard InChI is InChI=1S/C14H20O4/c1-11(2)18-13-6-4-12(5-7-13)10-14(15)17-9-8-16-3/h4-7,11H,8-10H2,1-3H3. The van der Waals surface area contributed by atoms with Gasteiger partial charge in [-0.25, -0.2) is 0 Å². The second-order valence-corrected chi connectivity index (χ2v) is 4.20. The van der Waals surface area contributed by atoms with Gasteiger partial charge in [-0.1, -0.05) is 12.1 Å². The Morgan fingerprint density at radius 3 is 2.39 bits per heavy atom. The van der Waals surface area contributed by atoms with Crippen molar-refractivity contribution in [1.82, 2.24) is 0 Å². The molecular weight excluding hydrogens is 232 g/mol. The van der Waals surface area contributed by atoms with Crippen LogP contribution in [0.4, 0.5) is 0 Å². The van der Waals surface area contributed by atoms with Crippen molar-refractivity contribution >= 4 is 5.97 Å². The largest absolute Gasteiger partial charge is 0.491 e. The van der Waals surface area contributed by atoms with Gasteiger partial charge in [0.05, 0.1) is 19.1 Å². The number of rotatable bonds is 7. The predicted octanol–water partition coefficient (Wildman–Crippen LogP) is 2.21. The van der Waals surface area contributed by atoms with Gasteiger partial charge in [0.2, 0.25) is 0 Å². The quantitative estimate of drug-likeness (QED) is 0.551. The molecule has 0 aliphatic rings. The molecule has 100 valence electrons. The second-order valence-electron chi connectivity index (χ2n) is 4.20. The van der Waals surface area contributed by atoms with Gasteiger partial charge in [0.1, 0.15) is 12.4 Å². The molecule has 18 heavy (non-hydrogen) atoms. The van der Waals surface area contributed by atoms with Crippen LogP contribution in [-0.2, 0) is 20.7 Å². The highest BCUT2D eigenvalue weighted by Gasteiger charge is 2.05. The molecule has 4 heteroatoms. The lowest BCUT2D eigenvalue weighted by Crippen LogP contribution is -2.12. The molecule has 0 radical (unpaired) electrons. The van der Waals surface area contributed by atoms with Crippen molar-refractivity contribution in [3.63, 3.8) is 0 Å². The topological polar surface area (TPSA) is 44.8 Å². The Hall–Kier alpha value is -1.55. The number of hydrogen-bond donors (Lipinski definition) is 0. The molecule has 1 aromatic carbocycles. The fraction of sp³-hybridized carbons (Fsp3) is 0.500. The Morgan fingerprint density at radius 2 is 1.83 bits per heavy atom. The first-order valence-corrected chi connectivity index (χ1v) is 6.02. The van der Waals surface area contributed by atoms with Crippen molar-refractivity contribution in [2.45, 2.75) is 26.4 Å². The first-order chi connectivity index (χ1) is 8.61. The van der Waals surface area contributed by atoms with Gasteiger partial charge in [-0.2, -0.15) is 0 Å². The molecule has 0 atom stereocenters. The first-order valence-electron chi connectivity index (χ1n) is 6.02. The summed E-state index contributed by atoms with van der Waals surface area (Å²) in [7, 11) is 1.57. The van der Waals surface area contributed by atoms with Crippen LogP contribution in [0.3, 0.4) is 0 Å². The fourth-order valence-electron chi connectivity index (χ4n) is 1.41. The summed E-state index contributed by atoms with van der Waals surface area (Å²) in [6.07, 6.45) is 0.418. The number of methoxy groups -OCH3 is 1. The molecule has 0 aromatic heterocycles. The van der Waals surface area contributed by atoms with Crippen molar-refractivity contribution < 1.29 is 19.0 Å². The van der Waals surface area contributed by atoms with E-state index in [-0.39, 0.29) is 18.5 Å². The lowest BCUT2D eigenvalue weighted by atomic mass is 10.1. The van der Waals surface area contributed by atoms with Crippen LogP contribution in [0.5, 0.6) is 5.75 Å². The van der Waals surface area contributed by atoms with Gasteiger partial charge in [-0.05, 0) is 31.5 Å². The van der Waals surface area contributed by atoms with E-state index in [1.54, 1.807) is 7.11 Å². The third kappa shape index (κ3) is 5.68. The SMILES string of the molecule is COCCOC(=O)Cc1ccc(OC(C)C)cc1. The Kier molecular flexibility index (Phi) is 6.22. The lowest BCUT2D eigenvalue weighted by Gasteiger charge is -2.10.